The molecule has 2 rings (SSSR count). The van der Waals surface area contributed by atoms with E-state index in [9.17, 15) is 9.90 Å². The average molecular weight is 393 g/mol. The zero-order chi connectivity index (χ0) is 20.7. The Hall–Kier alpha value is -1.43. The quantitative estimate of drug-likeness (QED) is 0.641. The molecule has 0 saturated carbocycles. The molecular formula is C23H36O5. The number of methoxy groups -OCH3 is 1. The van der Waals surface area contributed by atoms with Gasteiger partial charge >= 0.3 is 5.97 Å². The Labute approximate surface area is 169 Å². The first-order chi connectivity index (χ1) is 13.3. The Balaban J connectivity index is 2.08. The Morgan fingerprint density at radius 3 is 2.54 bits per heavy atom. The second-order valence-electron chi connectivity index (χ2n) is 8.36. The predicted octanol–water partition coefficient (Wildman–Crippen LogP) is 4.12. The van der Waals surface area contributed by atoms with E-state index in [1.807, 2.05) is 18.2 Å². The summed E-state index contributed by atoms with van der Waals surface area (Å²) in [5.41, 5.74) is 1.08. The number of benzene rings is 1. The summed E-state index contributed by atoms with van der Waals surface area (Å²) in [5.74, 6) is -0.284. The summed E-state index contributed by atoms with van der Waals surface area (Å²) in [7, 11) is 1.29. The number of ether oxygens (including phenoxy) is 3. The molecule has 0 amide bonds. The average Bonchev–Trinajstić information content (AvgIpc) is 2.71. The van der Waals surface area contributed by atoms with E-state index < -0.39 is 18.2 Å². The monoisotopic (exact) mass is 392 g/mol. The topological polar surface area (TPSA) is 65.0 Å². The molecule has 5 heteroatoms. The van der Waals surface area contributed by atoms with Crippen LogP contribution in [0.2, 0.25) is 0 Å². The molecule has 5 nitrogen and oxygen atoms in total. The lowest BCUT2D eigenvalue weighted by molar-refractivity contribution is -0.201. The van der Waals surface area contributed by atoms with Crippen LogP contribution < -0.4 is 0 Å². The van der Waals surface area contributed by atoms with Gasteiger partial charge < -0.3 is 19.3 Å². The molecule has 1 aliphatic rings. The van der Waals surface area contributed by atoms with Crippen molar-refractivity contribution in [3.63, 3.8) is 0 Å². The smallest absolute Gasteiger partial charge is 0.337 e. The lowest BCUT2D eigenvalue weighted by Crippen LogP contribution is -2.53. The van der Waals surface area contributed by atoms with Gasteiger partial charge in [-0.2, -0.15) is 0 Å². The number of carbonyl (C=O) groups is 1. The van der Waals surface area contributed by atoms with Crippen molar-refractivity contribution in [2.45, 2.75) is 84.4 Å². The molecule has 1 fully saturated rings. The van der Waals surface area contributed by atoms with E-state index in [2.05, 4.69) is 39.8 Å². The van der Waals surface area contributed by atoms with Crippen LogP contribution in [-0.4, -0.2) is 42.6 Å². The van der Waals surface area contributed by atoms with Gasteiger partial charge in [0.1, 0.15) is 0 Å². The van der Waals surface area contributed by atoms with Crippen molar-refractivity contribution in [1.82, 2.24) is 0 Å². The highest BCUT2D eigenvalue weighted by Gasteiger charge is 2.47. The molecule has 28 heavy (non-hydrogen) atoms. The highest BCUT2D eigenvalue weighted by molar-refractivity contribution is 5.74. The summed E-state index contributed by atoms with van der Waals surface area (Å²) in [5, 5.41) is 10.4. The molecule has 1 saturated heterocycles. The van der Waals surface area contributed by atoms with Crippen molar-refractivity contribution < 1.29 is 24.1 Å². The van der Waals surface area contributed by atoms with E-state index in [1.165, 1.54) is 7.11 Å². The molecule has 5 atom stereocenters. The highest BCUT2D eigenvalue weighted by atomic mass is 16.6. The lowest BCUT2D eigenvalue weighted by Gasteiger charge is -2.49. The van der Waals surface area contributed by atoms with E-state index in [0.29, 0.717) is 18.9 Å². The molecule has 1 aromatic rings. The number of hydrogen-bond donors (Lipinski definition) is 1. The van der Waals surface area contributed by atoms with Crippen molar-refractivity contribution in [3.05, 3.63) is 35.9 Å². The van der Waals surface area contributed by atoms with Gasteiger partial charge in [0.2, 0.25) is 0 Å². The van der Waals surface area contributed by atoms with Crippen molar-refractivity contribution in [1.29, 1.82) is 0 Å². The maximum Gasteiger partial charge on any atom is 0.337 e. The fourth-order valence-corrected chi connectivity index (χ4v) is 4.20. The van der Waals surface area contributed by atoms with Crippen LogP contribution in [0.4, 0.5) is 0 Å². The first kappa shape index (κ1) is 22.9. The normalized spacial score (nSPS) is 26.4. The van der Waals surface area contributed by atoms with Crippen LogP contribution in [0, 0.1) is 11.3 Å². The number of aliphatic hydroxyl groups excluding tert-OH is 1. The first-order valence-electron chi connectivity index (χ1n) is 10.4. The fourth-order valence-electron chi connectivity index (χ4n) is 4.20. The zero-order valence-electron chi connectivity index (χ0n) is 17.9. The standard InChI is InChI=1S/C23H36O5/c1-6-17-13-19(21(24)22(25)26-5)28-20(23(17,3)4)14-18(7-2)27-15-16-11-9-8-10-12-16/h8-12,17-21,24H,6-7,13-15H2,1-5H3. The van der Waals surface area contributed by atoms with Crippen molar-refractivity contribution >= 4 is 5.97 Å². The zero-order valence-corrected chi connectivity index (χ0v) is 17.9. The van der Waals surface area contributed by atoms with Gasteiger partial charge in [-0.15, -0.1) is 0 Å². The molecule has 1 aromatic carbocycles. The molecule has 5 unspecified atom stereocenters. The van der Waals surface area contributed by atoms with Crippen LogP contribution in [0.5, 0.6) is 0 Å². The maximum atomic E-state index is 11.8. The van der Waals surface area contributed by atoms with Gasteiger partial charge in [-0.05, 0) is 29.7 Å². The van der Waals surface area contributed by atoms with E-state index >= 15 is 0 Å². The van der Waals surface area contributed by atoms with Crippen LogP contribution in [-0.2, 0) is 25.6 Å². The van der Waals surface area contributed by atoms with E-state index in [-0.39, 0.29) is 17.6 Å². The van der Waals surface area contributed by atoms with Gasteiger partial charge in [0, 0.05) is 6.42 Å². The van der Waals surface area contributed by atoms with Crippen LogP contribution in [0.25, 0.3) is 0 Å². The van der Waals surface area contributed by atoms with E-state index in [4.69, 9.17) is 14.2 Å². The molecule has 1 aliphatic heterocycles. The summed E-state index contributed by atoms with van der Waals surface area (Å²) in [6.45, 7) is 9.27. The first-order valence-corrected chi connectivity index (χ1v) is 10.4. The molecule has 0 spiro atoms. The maximum absolute atomic E-state index is 11.8. The van der Waals surface area contributed by atoms with Gasteiger partial charge in [-0.1, -0.05) is 64.4 Å². The van der Waals surface area contributed by atoms with Crippen LogP contribution >= 0.6 is 0 Å². The van der Waals surface area contributed by atoms with Crippen LogP contribution in [0.3, 0.4) is 0 Å². The molecule has 1 N–H and O–H groups in total. The third-order valence-electron chi connectivity index (χ3n) is 6.29. The van der Waals surface area contributed by atoms with E-state index in [1.54, 1.807) is 0 Å². The van der Waals surface area contributed by atoms with Gasteiger partial charge in [0.25, 0.3) is 0 Å². The molecule has 0 bridgehead atoms. The molecule has 158 valence electrons. The Morgan fingerprint density at radius 2 is 1.96 bits per heavy atom. The number of carbonyl (C=O) groups excluding carboxylic acids is 1. The van der Waals surface area contributed by atoms with Gasteiger partial charge in [0.15, 0.2) is 6.10 Å². The molecule has 0 aliphatic carbocycles. The molecule has 1 heterocycles. The molecule has 0 aromatic heterocycles. The third kappa shape index (κ3) is 5.56. The highest BCUT2D eigenvalue weighted by Crippen LogP contribution is 2.45. The summed E-state index contributed by atoms with van der Waals surface area (Å²) in [6, 6.07) is 10.1. The number of hydrogen-bond acceptors (Lipinski definition) is 5. The number of esters is 1. The SMILES string of the molecule is CCC(CC1OC(C(O)C(=O)OC)CC(CC)C1(C)C)OCc1ccccc1. The van der Waals surface area contributed by atoms with Gasteiger partial charge in [0.05, 0.1) is 32.0 Å². The Bertz CT molecular complexity index is 600. The fraction of sp³-hybridized carbons (Fsp3) is 0.696. The summed E-state index contributed by atoms with van der Waals surface area (Å²) < 4.78 is 17.2. The second kappa shape index (κ2) is 10.4. The van der Waals surface area contributed by atoms with Gasteiger partial charge in [-0.25, -0.2) is 4.79 Å². The largest absolute Gasteiger partial charge is 0.467 e. The second-order valence-corrected chi connectivity index (χ2v) is 8.36. The summed E-state index contributed by atoms with van der Waals surface area (Å²) in [6.07, 6.45) is 1.40. The van der Waals surface area contributed by atoms with E-state index in [0.717, 1.165) is 24.8 Å². The van der Waals surface area contributed by atoms with Gasteiger partial charge in [-0.3, -0.25) is 0 Å². The minimum absolute atomic E-state index is 0.0519. The summed E-state index contributed by atoms with van der Waals surface area (Å²) in [4.78, 5) is 11.8. The van der Waals surface area contributed by atoms with Crippen LogP contribution in [0.1, 0.15) is 58.9 Å². The minimum Gasteiger partial charge on any atom is -0.467 e. The summed E-state index contributed by atoms with van der Waals surface area (Å²) >= 11 is 0. The molecule has 0 radical (unpaired) electrons. The lowest BCUT2D eigenvalue weighted by atomic mass is 9.67. The van der Waals surface area contributed by atoms with Crippen molar-refractivity contribution in [2.24, 2.45) is 11.3 Å². The van der Waals surface area contributed by atoms with Crippen molar-refractivity contribution in [2.75, 3.05) is 7.11 Å². The van der Waals surface area contributed by atoms with Crippen LogP contribution in [0.15, 0.2) is 30.3 Å². The molecular weight excluding hydrogens is 356 g/mol. The third-order valence-corrected chi connectivity index (χ3v) is 6.29. The number of rotatable bonds is 9. The van der Waals surface area contributed by atoms with Crippen molar-refractivity contribution in [3.8, 4) is 0 Å². The number of aliphatic hydroxyl groups is 1. The Kier molecular flexibility index (Phi) is 8.47. The Morgan fingerprint density at radius 1 is 1.29 bits per heavy atom. The minimum atomic E-state index is -1.25. The predicted molar refractivity (Wildman–Crippen MR) is 109 cm³/mol.